The normalized spacial score (nSPS) is 24.6. The van der Waals surface area contributed by atoms with E-state index in [1.165, 1.54) is 199 Å². The highest BCUT2D eigenvalue weighted by atomic mass is 16.7. The average molecular weight is 1120 g/mol. The Hall–Kier alpha value is -1.79. The molecule has 2 heterocycles. The summed E-state index contributed by atoms with van der Waals surface area (Å²) in [6.07, 6.45) is 46.2. The number of rotatable bonds is 53. The Labute approximate surface area is 481 Å². The minimum absolute atomic E-state index is 0.248. The fourth-order valence-electron chi connectivity index (χ4n) is 10.8. The van der Waals surface area contributed by atoms with Gasteiger partial charge in [-0.15, -0.1) is 0 Å². The number of hydrogen-bond acceptors (Lipinski definition) is 13. The first kappa shape index (κ1) is 73.3. The SMILES string of the molecule is CCCCCCCCCCCCCCCC/C=C/CC/C=C/CC/C=C/C(O)C(COC1OC(CO)C(OC2OC(CO)C(O)C(O)C2O)C(O)C1O)NC(=O)CCCCCCCCCCCCCCCCCCCCCCC. The van der Waals surface area contributed by atoms with Gasteiger partial charge in [0.2, 0.25) is 5.91 Å². The Kier molecular flexibility index (Phi) is 47.0. The Morgan fingerprint density at radius 1 is 0.443 bits per heavy atom. The molecule has 2 saturated heterocycles. The van der Waals surface area contributed by atoms with Gasteiger partial charge in [0, 0.05) is 6.42 Å². The molecule has 0 radical (unpaired) electrons. The summed E-state index contributed by atoms with van der Waals surface area (Å²) in [4.78, 5) is 13.3. The molecule has 12 unspecified atom stereocenters. The molecule has 79 heavy (non-hydrogen) atoms. The number of nitrogens with one attached hydrogen (secondary N) is 1. The van der Waals surface area contributed by atoms with Gasteiger partial charge in [0.1, 0.15) is 48.8 Å². The van der Waals surface area contributed by atoms with Gasteiger partial charge >= 0.3 is 0 Å². The van der Waals surface area contributed by atoms with Crippen molar-refractivity contribution in [2.24, 2.45) is 0 Å². The number of amides is 1. The van der Waals surface area contributed by atoms with Crippen LogP contribution in [0.4, 0.5) is 0 Å². The quantitative estimate of drug-likeness (QED) is 0.0204. The minimum atomic E-state index is -1.79. The second kappa shape index (κ2) is 50.7. The fourth-order valence-corrected chi connectivity index (χ4v) is 10.8. The first-order valence-electron chi connectivity index (χ1n) is 32.7. The standard InChI is InChI=1S/C65H121NO13/c1-3-5-7-9-11-13-15-17-19-21-23-25-26-27-29-30-32-34-36-38-40-42-44-46-48-54(69)53(52-76-64-62(75)60(73)63(56(51-68)78-64)79-65-61(74)59(72)58(71)55(50-67)77-65)66-57(70)49-47-45-43-41-39-37-35-33-31-28-24-22-20-18-16-14-12-10-8-6-4-2/h30,32,38,40,46,48,53-56,58-65,67-69,71-75H,3-29,31,33-37,39,41-45,47,49-52H2,1-2H3,(H,66,70)/b32-30+,40-38+,48-46+. The van der Waals surface area contributed by atoms with Crippen LogP contribution in [0.1, 0.15) is 277 Å². The monoisotopic (exact) mass is 1120 g/mol. The third kappa shape index (κ3) is 35.8. The maximum atomic E-state index is 13.3. The van der Waals surface area contributed by atoms with Crippen LogP contribution in [-0.4, -0.2) is 140 Å². The van der Waals surface area contributed by atoms with Gasteiger partial charge in [0.25, 0.3) is 0 Å². The van der Waals surface area contributed by atoms with Crippen LogP contribution in [0, 0.1) is 0 Å². The largest absolute Gasteiger partial charge is 0.394 e. The first-order valence-corrected chi connectivity index (χ1v) is 32.7. The number of allylic oxidation sites excluding steroid dienone is 5. The summed E-state index contributed by atoms with van der Waals surface area (Å²) < 4.78 is 22.8. The zero-order valence-electron chi connectivity index (χ0n) is 50.1. The molecule has 0 aliphatic carbocycles. The van der Waals surface area contributed by atoms with Crippen molar-refractivity contribution in [3.63, 3.8) is 0 Å². The van der Waals surface area contributed by atoms with Crippen molar-refractivity contribution in [1.29, 1.82) is 0 Å². The van der Waals surface area contributed by atoms with Crippen LogP contribution in [0.2, 0.25) is 0 Å². The molecule has 1 amide bonds. The molecule has 0 aromatic heterocycles. The summed E-state index contributed by atoms with van der Waals surface area (Å²) in [5.74, 6) is -0.248. The van der Waals surface area contributed by atoms with Crippen LogP contribution in [0.15, 0.2) is 36.5 Å². The van der Waals surface area contributed by atoms with E-state index in [4.69, 9.17) is 18.9 Å². The first-order chi connectivity index (χ1) is 38.6. The highest BCUT2D eigenvalue weighted by Gasteiger charge is 2.51. The van der Waals surface area contributed by atoms with Gasteiger partial charge in [0.15, 0.2) is 12.6 Å². The van der Waals surface area contributed by atoms with Crippen LogP contribution in [0.3, 0.4) is 0 Å². The number of carbonyl (C=O) groups is 1. The second-order valence-corrected chi connectivity index (χ2v) is 23.2. The molecule has 0 bridgehead atoms. The predicted octanol–water partition coefficient (Wildman–Crippen LogP) is 12.2. The number of unbranched alkanes of at least 4 members (excludes halogenated alkanes) is 36. The number of ether oxygens (including phenoxy) is 4. The molecule has 0 spiro atoms. The molecule has 0 aromatic rings. The predicted molar refractivity (Wildman–Crippen MR) is 318 cm³/mol. The van der Waals surface area contributed by atoms with Crippen LogP contribution in [0.25, 0.3) is 0 Å². The van der Waals surface area contributed by atoms with E-state index in [1.807, 2.05) is 6.08 Å². The number of aliphatic hydroxyl groups excluding tert-OH is 8. The van der Waals surface area contributed by atoms with Crippen molar-refractivity contribution in [3.8, 4) is 0 Å². The molecule has 14 nitrogen and oxygen atoms in total. The van der Waals surface area contributed by atoms with Crippen molar-refractivity contribution in [3.05, 3.63) is 36.5 Å². The Bertz CT molecular complexity index is 1460. The van der Waals surface area contributed by atoms with Crippen LogP contribution in [0.5, 0.6) is 0 Å². The molecule has 0 aromatic carbocycles. The van der Waals surface area contributed by atoms with E-state index in [1.54, 1.807) is 6.08 Å². The van der Waals surface area contributed by atoms with Gasteiger partial charge < -0.3 is 65.1 Å². The lowest BCUT2D eigenvalue weighted by Gasteiger charge is -2.46. The molecule has 2 aliphatic rings. The third-order valence-corrected chi connectivity index (χ3v) is 16.1. The molecular formula is C65H121NO13. The molecule has 2 aliphatic heterocycles. The summed E-state index contributed by atoms with van der Waals surface area (Å²) >= 11 is 0. The molecule has 2 rings (SSSR count). The summed E-state index contributed by atoms with van der Waals surface area (Å²) in [5.41, 5.74) is 0. The van der Waals surface area contributed by atoms with E-state index < -0.39 is 86.8 Å². The van der Waals surface area contributed by atoms with Gasteiger partial charge in [-0.25, -0.2) is 0 Å². The lowest BCUT2D eigenvalue weighted by molar-refractivity contribution is -0.359. The van der Waals surface area contributed by atoms with E-state index >= 15 is 0 Å². The van der Waals surface area contributed by atoms with Crippen LogP contribution in [-0.2, 0) is 23.7 Å². The molecule has 12 atom stereocenters. The van der Waals surface area contributed by atoms with E-state index in [0.717, 1.165) is 44.9 Å². The van der Waals surface area contributed by atoms with Crippen LogP contribution >= 0.6 is 0 Å². The molecule has 464 valence electrons. The topological polar surface area (TPSA) is 228 Å². The maximum Gasteiger partial charge on any atom is 0.220 e. The zero-order chi connectivity index (χ0) is 57.4. The Balaban J connectivity index is 1.75. The smallest absolute Gasteiger partial charge is 0.220 e. The van der Waals surface area contributed by atoms with Crippen molar-refractivity contribution < 1.29 is 64.6 Å². The van der Waals surface area contributed by atoms with Gasteiger partial charge in [-0.2, -0.15) is 0 Å². The third-order valence-electron chi connectivity index (χ3n) is 16.1. The van der Waals surface area contributed by atoms with Crippen molar-refractivity contribution in [2.75, 3.05) is 19.8 Å². The molecule has 0 saturated carbocycles. The summed E-state index contributed by atoms with van der Waals surface area (Å²) in [7, 11) is 0. The highest BCUT2D eigenvalue weighted by Crippen LogP contribution is 2.30. The van der Waals surface area contributed by atoms with Gasteiger partial charge in [-0.1, -0.05) is 262 Å². The average Bonchev–Trinajstić information content (AvgIpc) is 3.47. The van der Waals surface area contributed by atoms with E-state index in [-0.39, 0.29) is 18.9 Å². The molecule has 9 N–H and O–H groups in total. The van der Waals surface area contributed by atoms with Gasteiger partial charge in [-0.3, -0.25) is 4.79 Å². The molecular weight excluding hydrogens is 1000 g/mol. The zero-order valence-corrected chi connectivity index (χ0v) is 50.1. The van der Waals surface area contributed by atoms with Gasteiger partial charge in [-0.05, 0) is 44.9 Å². The lowest BCUT2D eigenvalue weighted by atomic mass is 9.97. The van der Waals surface area contributed by atoms with Crippen molar-refractivity contribution in [2.45, 2.75) is 351 Å². The fraction of sp³-hybridized carbons (Fsp3) is 0.892. The van der Waals surface area contributed by atoms with Crippen LogP contribution < -0.4 is 5.32 Å². The van der Waals surface area contributed by atoms with Crippen molar-refractivity contribution in [1.82, 2.24) is 5.32 Å². The van der Waals surface area contributed by atoms with Gasteiger partial charge in [0.05, 0.1) is 32.0 Å². The Morgan fingerprint density at radius 3 is 1.24 bits per heavy atom. The van der Waals surface area contributed by atoms with E-state index in [0.29, 0.717) is 12.8 Å². The molecule has 14 heteroatoms. The summed E-state index contributed by atoms with van der Waals surface area (Å²) in [6.45, 7) is 2.81. The number of aliphatic hydroxyl groups is 8. The van der Waals surface area contributed by atoms with E-state index in [2.05, 4.69) is 43.5 Å². The van der Waals surface area contributed by atoms with Crippen molar-refractivity contribution >= 4 is 5.91 Å². The van der Waals surface area contributed by atoms with E-state index in [9.17, 15) is 45.6 Å². The minimum Gasteiger partial charge on any atom is -0.394 e. The lowest BCUT2D eigenvalue weighted by Crippen LogP contribution is -2.65. The number of hydrogen-bond donors (Lipinski definition) is 9. The summed E-state index contributed by atoms with van der Waals surface area (Å²) in [6, 6.07) is -0.936. The highest BCUT2D eigenvalue weighted by molar-refractivity contribution is 5.76. The second-order valence-electron chi connectivity index (χ2n) is 23.2. The molecule has 2 fully saturated rings. The number of carbonyl (C=O) groups excluding carboxylic acids is 1. The maximum absolute atomic E-state index is 13.3. The Morgan fingerprint density at radius 2 is 0.810 bits per heavy atom. The summed E-state index contributed by atoms with van der Waals surface area (Å²) in [5, 5.41) is 87.2.